The van der Waals surface area contributed by atoms with Gasteiger partial charge < -0.3 is 15.0 Å². The number of amides is 1. The molecular weight excluding hydrogens is 426 g/mol. The van der Waals surface area contributed by atoms with Gasteiger partial charge in [0.1, 0.15) is 5.75 Å². The molecule has 1 saturated heterocycles. The molecule has 0 radical (unpaired) electrons. The smallest absolute Gasteiger partial charge is 0.225 e. The van der Waals surface area contributed by atoms with Crippen molar-refractivity contribution in [1.29, 1.82) is 0 Å². The first-order chi connectivity index (χ1) is 16.5. The first-order valence-corrected chi connectivity index (χ1v) is 12.1. The van der Waals surface area contributed by atoms with Gasteiger partial charge in [0.15, 0.2) is 0 Å². The van der Waals surface area contributed by atoms with Crippen molar-refractivity contribution in [2.24, 2.45) is 0 Å². The zero-order valence-electron chi connectivity index (χ0n) is 20.5. The van der Waals surface area contributed by atoms with E-state index in [0.717, 1.165) is 67.8 Å². The molecule has 7 heteroatoms. The number of anilines is 1. The summed E-state index contributed by atoms with van der Waals surface area (Å²) in [7, 11) is 0. The molecule has 0 bridgehead atoms. The number of carbonyl (C=O) groups is 1. The minimum atomic E-state index is 0.0376. The first-order valence-electron chi connectivity index (χ1n) is 12.1. The van der Waals surface area contributed by atoms with Crippen LogP contribution >= 0.6 is 0 Å². The van der Waals surface area contributed by atoms with E-state index in [-0.39, 0.29) is 5.91 Å². The summed E-state index contributed by atoms with van der Waals surface area (Å²) in [6.45, 7) is 12.3. The fourth-order valence-electron chi connectivity index (χ4n) is 4.39. The van der Waals surface area contributed by atoms with Crippen LogP contribution in [0.2, 0.25) is 0 Å². The van der Waals surface area contributed by atoms with E-state index in [9.17, 15) is 4.79 Å². The lowest BCUT2D eigenvalue weighted by molar-refractivity contribution is -0.116. The van der Waals surface area contributed by atoms with Crippen LogP contribution in [-0.4, -0.2) is 64.8 Å². The Kier molecular flexibility index (Phi) is 7.98. The summed E-state index contributed by atoms with van der Waals surface area (Å²) >= 11 is 0. The number of para-hydroxylation sites is 1. The highest BCUT2D eigenvalue weighted by atomic mass is 16.5. The third-order valence-corrected chi connectivity index (χ3v) is 6.32. The standard InChI is InChI=1S/C27H35N5O2/c1-4-34-25-12-10-23(11-13-25)20-31-18-16-30(17-19-31)15-14-26(33)28-27-21(2)29-32(22(27)3)24-8-6-5-7-9-24/h5-13H,4,14-20H2,1-3H3,(H,28,33). The average molecular weight is 462 g/mol. The number of rotatable bonds is 9. The van der Waals surface area contributed by atoms with E-state index in [2.05, 4.69) is 32.3 Å². The van der Waals surface area contributed by atoms with Gasteiger partial charge in [0.25, 0.3) is 0 Å². The number of piperazine rings is 1. The molecule has 1 amide bonds. The molecule has 1 aliphatic rings. The maximum Gasteiger partial charge on any atom is 0.225 e. The molecule has 0 aliphatic carbocycles. The van der Waals surface area contributed by atoms with Crippen LogP contribution in [0, 0.1) is 13.8 Å². The Hall–Kier alpha value is -3.16. The molecular formula is C27H35N5O2. The number of ether oxygens (including phenoxy) is 1. The Bertz CT molecular complexity index is 1070. The second kappa shape index (κ2) is 11.3. The van der Waals surface area contributed by atoms with Gasteiger partial charge in [-0.15, -0.1) is 0 Å². The first kappa shape index (κ1) is 24.0. The molecule has 1 N–H and O–H groups in total. The van der Waals surface area contributed by atoms with Gasteiger partial charge in [-0.05, 0) is 50.6 Å². The Morgan fingerprint density at radius 3 is 2.32 bits per heavy atom. The molecule has 4 rings (SSSR count). The number of hydrogen-bond donors (Lipinski definition) is 1. The lowest BCUT2D eigenvalue weighted by Crippen LogP contribution is -2.46. The van der Waals surface area contributed by atoms with Gasteiger partial charge in [-0.3, -0.25) is 9.69 Å². The van der Waals surface area contributed by atoms with E-state index in [1.807, 2.05) is 67.9 Å². The van der Waals surface area contributed by atoms with Gasteiger partial charge in [-0.25, -0.2) is 4.68 Å². The van der Waals surface area contributed by atoms with Crippen LogP contribution in [0.5, 0.6) is 5.75 Å². The number of aromatic nitrogens is 2. The predicted molar refractivity (Wildman–Crippen MR) is 136 cm³/mol. The van der Waals surface area contributed by atoms with Gasteiger partial charge in [-0.2, -0.15) is 5.10 Å². The van der Waals surface area contributed by atoms with Crippen LogP contribution < -0.4 is 10.1 Å². The largest absolute Gasteiger partial charge is 0.494 e. The van der Waals surface area contributed by atoms with Crippen molar-refractivity contribution in [3.63, 3.8) is 0 Å². The molecule has 0 atom stereocenters. The van der Waals surface area contributed by atoms with Crippen molar-refractivity contribution in [2.45, 2.75) is 33.7 Å². The Morgan fingerprint density at radius 1 is 0.971 bits per heavy atom. The summed E-state index contributed by atoms with van der Waals surface area (Å²) < 4.78 is 7.41. The summed E-state index contributed by atoms with van der Waals surface area (Å²) in [6.07, 6.45) is 0.480. The minimum Gasteiger partial charge on any atom is -0.494 e. The highest BCUT2D eigenvalue weighted by Gasteiger charge is 2.19. The summed E-state index contributed by atoms with van der Waals surface area (Å²) in [5.41, 5.74) is 4.89. The van der Waals surface area contributed by atoms with Crippen LogP contribution in [0.15, 0.2) is 54.6 Å². The van der Waals surface area contributed by atoms with Crippen LogP contribution in [0.3, 0.4) is 0 Å². The fourth-order valence-corrected chi connectivity index (χ4v) is 4.39. The second-order valence-electron chi connectivity index (χ2n) is 8.79. The molecule has 2 heterocycles. The second-order valence-corrected chi connectivity index (χ2v) is 8.79. The summed E-state index contributed by atoms with van der Waals surface area (Å²) in [6, 6.07) is 18.4. The van der Waals surface area contributed by atoms with Crippen LogP contribution in [0.25, 0.3) is 5.69 Å². The maximum atomic E-state index is 12.7. The molecule has 0 saturated carbocycles. The molecule has 1 aromatic heterocycles. The van der Waals surface area contributed by atoms with E-state index in [4.69, 9.17) is 4.74 Å². The average Bonchev–Trinajstić information content (AvgIpc) is 3.14. The lowest BCUT2D eigenvalue weighted by atomic mass is 10.2. The number of carbonyl (C=O) groups excluding carboxylic acids is 1. The molecule has 0 spiro atoms. The quantitative estimate of drug-likeness (QED) is 0.521. The molecule has 2 aromatic carbocycles. The molecule has 7 nitrogen and oxygen atoms in total. The predicted octanol–water partition coefficient (Wildman–Crippen LogP) is 4.03. The Morgan fingerprint density at radius 2 is 1.65 bits per heavy atom. The van der Waals surface area contributed by atoms with E-state index in [1.165, 1.54) is 5.56 Å². The van der Waals surface area contributed by atoms with Crippen molar-refractivity contribution in [3.8, 4) is 11.4 Å². The third kappa shape index (κ3) is 6.04. The van der Waals surface area contributed by atoms with Gasteiger partial charge in [-0.1, -0.05) is 30.3 Å². The van der Waals surface area contributed by atoms with Crippen molar-refractivity contribution in [3.05, 3.63) is 71.5 Å². The van der Waals surface area contributed by atoms with E-state index >= 15 is 0 Å². The van der Waals surface area contributed by atoms with E-state index in [1.54, 1.807) is 0 Å². The highest BCUT2D eigenvalue weighted by molar-refractivity contribution is 5.92. The van der Waals surface area contributed by atoms with Gasteiger partial charge in [0, 0.05) is 45.7 Å². The van der Waals surface area contributed by atoms with Crippen molar-refractivity contribution >= 4 is 11.6 Å². The number of nitrogens with zero attached hydrogens (tertiary/aromatic N) is 4. The van der Waals surface area contributed by atoms with Crippen molar-refractivity contribution < 1.29 is 9.53 Å². The number of hydrogen-bond acceptors (Lipinski definition) is 5. The van der Waals surface area contributed by atoms with Crippen molar-refractivity contribution in [2.75, 3.05) is 44.6 Å². The summed E-state index contributed by atoms with van der Waals surface area (Å²) in [4.78, 5) is 17.5. The summed E-state index contributed by atoms with van der Waals surface area (Å²) in [5.74, 6) is 0.961. The van der Waals surface area contributed by atoms with Crippen LogP contribution in [-0.2, 0) is 11.3 Å². The van der Waals surface area contributed by atoms with Gasteiger partial charge in [0.2, 0.25) is 5.91 Å². The van der Waals surface area contributed by atoms with Crippen LogP contribution in [0.4, 0.5) is 5.69 Å². The molecule has 3 aromatic rings. The molecule has 34 heavy (non-hydrogen) atoms. The van der Waals surface area contributed by atoms with Crippen LogP contribution in [0.1, 0.15) is 30.3 Å². The van der Waals surface area contributed by atoms with Gasteiger partial charge in [0.05, 0.1) is 29.4 Å². The third-order valence-electron chi connectivity index (χ3n) is 6.32. The SMILES string of the molecule is CCOc1ccc(CN2CCN(CCC(=O)Nc3c(C)nn(-c4ccccc4)c3C)CC2)cc1. The molecule has 1 aliphatic heterocycles. The highest BCUT2D eigenvalue weighted by Crippen LogP contribution is 2.23. The fraction of sp³-hybridized carbons (Fsp3) is 0.407. The summed E-state index contributed by atoms with van der Waals surface area (Å²) in [5, 5.41) is 7.71. The number of nitrogens with one attached hydrogen (secondary N) is 1. The normalized spacial score (nSPS) is 14.8. The Balaban J connectivity index is 1.22. The zero-order chi connectivity index (χ0) is 23.9. The van der Waals surface area contributed by atoms with E-state index < -0.39 is 0 Å². The zero-order valence-corrected chi connectivity index (χ0v) is 20.5. The van der Waals surface area contributed by atoms with Crippen molar-refractivity contribution in [1.82, 2.24) is 19.6 Å². The number of aryl methyl sites for hydroxylation is 1. The van der Waals surface area contributed by atoms with Gasteiger partial charge >= 0.3 is 0 Å². The minimum absolute atomic E-state index is 0.0376. The number of benzene rings is 2. The topological polar surface area (TPSA) is 62.6 Å². The molecule has 180 valence electrons. The molecule has 0 unspecified atom stereocenters. The lowest BCUT2D eigenvalue weighted by Gasteiger charge is -2.34. The Labute approximate surface area is 202 Å². The molecule has 1 fully saturated rings. The monoisotopic (exact) mass is 461 g/mol. The van der Waals surface area contributed by atoms with E-state index in [0.29, 0.717) is 13.0 Å². The maximum absolute atomic E-state index is 12.7.